The minimum Gasteiger partial charge on any atom is -0.389 e. The van der Waals surface area contributed by atoms with Gasteiger partial charge in [0.25, 0.3) is 0 Å². The van der Waals surface area contributed by atoms with E-state index in [-0.39, 0.29) is 0 Å². The molecule has 17 heavy (non-hydrogen) atoms. The van der Waals surface area contributed by atoms with Crippen LogP contribution in [0.2, 0.25) is 0 Å². The lowest BCUT2D eigenvalue weighted by Gasteiger charge is -2.35. The number of hydrogen-bond donors (Lipinski definition) is 1. The van der Waals surface area contributed by atoms with Crippen LogP contribution in [0.1, 0.15) is 36.8 Å². The Hall–Kier alpha value is -0.820. The largest absolute Gasteiger partial charge is 0.389 e. The SMILES string of the molecule is OC1(C2CC3CCC2C3)Cc2ccccc2C1. The monoisotopic (exact) mass is 228 g/mol. The van der Waals surface area contributed by atoms with Crippen LogP contribution in [0.5, 0.6) is 0 Å². The molecule has 4 rings (SSSR count). The van der Waals surface area contributed by atoms with Gasteiger partial charge in [-0.05, 0) is 48.1 Å². The molecule has 1 nitrogen and oxygen atoms in total. The lowest BCUT2D eigenvalue weighted by atomic mass is 9.74. The Kier molecular flexibility index (Phi) is 2.00. The topological polar surface area (TPSA) is 20.2 Å². The second kappa shape index (κ2) is 3.35. The van der Waals surface area contributed by atoms with Crippen LogP contribution in [0.15, 0.2) is 24.3 Å². The van der Waals surface area contributed by atoms with E-state index in [9.17, 15) is 5.11 Å². The van der Waals surface area contributed by atoms with Gasteiger partial charge in [-0.25, -0.2) is 0 Å². The van der Waals surface area contributed by atoms with Crippen LogP contribution in [0.4, 0.5) is 0 Å². The second-order valence-electron chi connectivity index (χ2n) is 6.51. The minimum absolute atomic E-state index is 0.413. The van der Waals surface area contributed by atoms with Gasteiger partial charge in [0.2, 0.25) is 0 Å². The summed E-state index contributed by atoms with van der Waals surface area (Å²) in [7, 11) is 0. The van der Waals surface area contributed by atoms with Crippen molar-refractivity contribution in [1.29, 1.82) is 0 Å². The summed E-state index contributed by atoms with van der Waals surface area (Å²) in [4.78, 5) is 0. The van der Waals surface area contributed by atoms with Crippen LogP contribution in [-0.2, 0) is 12.8 Å². The molecule has 1 aromatic rings. The summed E-state index contributed by atoms with van der Waals surface area (Å²) in [6.45, 7) is 0. The zero-order valence-electron chi connectivity index (χ0n) is 10.2. The molecule has 2 saturated carbocycles. The van der Waals surface area contributed by atoms with Gasteiger partial charge in [0.15, 0.2) is 0 Å². The quantitative estimate of drug-likeness (QED) is 0.783. The Balaban J connectivity index is 1.64. The molecule has 0 amide bonds. The van der Waals surface area contributed by atoms with Crippen LogP contribution in [0.25, 0.3) is 0 Å². The van der Waals surface area contributed by atoms with E-state index in [1.54, 1.807) is 0 Å². The number of benzene rings is 1. The lowest BCUT2D eigenvalue weighted by molar-refractivity contribution is -0.0316. The molecule has 2 fully saturated rings. The Morgan fingerprint density at radius 3 is 2.24 bits per heavy atom. The fraction of sp³-hybridized carbons (Fsp3) is 0.625. The van der Waals surface area contributed by atoms with E-state index in [1.165, 1.54) is 36.8 Å². The number of aliphatic hydroxyl groups is 1. The maximum atomic E-state index is 11.0. The van der Waals surface area contributed by atoms with Gasteiger partial charge in [-0.2, -0.15) is 0 Å². The summed E-state index contributed by atoms with van der Waals surface area (Å²) in [6, 6.07) is 8.60. The van der Waals surface area contributed by atoms with E-state index in [1.807, 2.05) is 0 Å². The molecule has 2 bridgehead atoms. The summed E-state index contributed by atoms with van der Waals surface area (Å²) >= 11 is 0. The van der Waals surface area contributed by atoms with Gasteiger partial charge in [-0.3, -0.25) is 0 Å². The fourth-order valence-corrected chi connectivity index (χ4v) is 4.79. The van der Waals surface area contributed by atoms with Crippen molar-refractivity contribution in [2.24, 2.45) is 17.8 Å². The molecule has 0 aliphatic heterocycles. The molecule has 0 saturated heterocycles. The minimum atomic E-state index is -0.413. The number of hydrogen-bond acceptors (Lipinski definition) is 1. The first-order valence-corrected chi connectivity index (χ1v) is 7.04. The van der Waals surface area contributed by atoms with Crippen molar-refractivity contribution < 1.29 is 5.11 Å². The maximum Gasteiger partial charge on any atom is 0.0759 e. The highest BCUT2D eigenvalue weighted by molar-refractivity contribution is 5.36. The molecule has 0 radical (unpaired) electrons. The lowest BCUT2D eigenvalue weighted by Crippen LogP contribution is -2.41. The summed E-state index contributed by atoms with van der Waals surface area (Å²) < 4.78 is 0. The maximum absolute atomic E-state index is 11.0. The molecule has 1 heteroatoms. The van der Waals surface area contributed by atoms with Crippen molar-refractivity contribution in [3.63, 3.8) is 0 Å². The van der Waals surface area contributed by atoms with Crippen molar-refractivity contribution in [1.82, 2.24) is 0 Å². The molecule has 3 atom stereocenters. The predicted molar refractivity (Wildman–Crippen MR) is 67.7 cm³/mol. The van der Waals surface area contributed by atoms with Crippen molar-refractivity contribution >= 4 is 0 Å². The van der Waals surface area contributed by atoms with Crippen molar-refractivity contribution in [3.8, 4) is 0 Å². The first-order valence-electron chi connectivity index (χ1n) is 7.04. The molecule has 90 valence electrons. The Morgan fingerprint density at radius 2 is 1.71 bits per heavy atom. The van der Waals surface area contributed by atoms with E-state index >= 15 is 0 Å². The van der Waals surface area contributed by atoms with Crippen molar-refractivity contribution in [2.45, 2.75) is 44.1 Å². The fourth-order valence-electron chi connectivity index (χ4n) is 4.79. The van der Waals surface area contributed by atoms with Crippen molar-refractivity contribution in [3.05, 3.63) is 35.4 Å². The molecule has 0 heterocycles. The van der Waals surface area contributed by atoms with E-state index in [0.29, 0.717) is 5.92 Å². The zero-order chi connectivity index (χ0) is 11.5. The molecule has 3 aliphatic carbocycles. The first-order chi connectivity index (χ1) is 8.24. The van der Waals surface area contributed by atoms with Gasteiger partial charge in [0, 0.05) is 12.8 Å². The van der Waals surface area contributed by atoms with Gasteiger partial charge in [-0.1, -0.05) is 30.7 Å². The molecule has 1 N–H and O–H groups in total. The molecule has 3 aliphatic rings. The average molecular weight is 228 g/mol. The van der Waals surface area contributed by atoms with Gasteiger partial charge in [-0.15, -0.1) is 0 Å². The van der Waals surface area contributed by atoms with Crippen molar-refractivity contribution in [2.75, 3.05) is 0 Å². The summed E-state index contributed by atoms with van der Waals surface area (Å²) in [6.07, 6.45) is 7.27. The van der Waals surface area contributed by atoms with E-state index in [2.05, 4.69) is 24.3 Å². The molecule has 0 aromatic heterocycles. The van der Waals surface area contributed by atoms with Crippen LogP contribution in [0.3, 0.4) is 0 Å². The van der Waals surface area contributed by atoms with Gasteiger partial charge in [0.05, 0.1) is 5.60 Å². The van der Waals surface area contributed by atoms with Crippen LogP contribution >= 0.6 is 0 Å². The molecule has 3 unspecified atom stereocenters. The van der Waals surface area contributed by atoms with Crippen LogP contribution in [-0.4, -0.2) is 10.7 Å². The molecule has 1 aromatic carbocycles. The highest BCUT2D eigenvalue weighted by Crippen LogP contribution is 2.54. The smallest absolute Gasteiger partial charge is 0.0759 e. The zero-order valence-corrected chi connectivity index (χ0v) is 10.2. The molecular formula is C16H20O. The van der Waals surface area contributed by atoms with E-state index < -0.39 is 5.60 Å². The standard InChI is InChI=1S/C16H20O/c17-16(15-8-11-5-6-12(15)7-11)9-13-3-1-2-4-14(13)10-16/h1-4,11-12,15,17H,5-10H2. The Labute approximate surface area is 103 Å². The summed E-state index contributed by atoms with van der Waals surface area (Å²) in [5.74, 6) is 2.32. The first kappa shape index (κ1) is 10.1. The second-order valence-corrected chi connectivity index (χ2v) is 6.51. The number of rotatable bonds is 1. The highest BCUT2D eigenvalue weighted by atomic mass is 16.3. The molecule has 0 spiro atoms. The van der Waals surface area contributed by atoms with Crippen LogP contribution < -0.4 is 0 Å². The Bertz CT molecular complexity index is 426. The summed E-state index contributed by atoms with van der Waals surface area (Å²) in [5, 5.41) is 11.0. The van der Waals surface area contributed by atoms with Gasteiger partial charge >= 0.3 is 0 Å². The van der Waals surface area contributed by atoms with E-state index in [4.69, 9.17) is 0 Å². The van der Waals surface area contributed by atoms with Crippen LogP contribution in [0, 0.1) is 17.8 Å². The van der Waals surface area contributed by atoms with Gasteiger partial charge < -0.3 is 5.11 Å². The van der Waals surface area contributed by atoms with E-state index in [0.717, 1.165) is 24.7 Å². The number of fused-ring (bicyclic) bond motifs is 3. The summed E-state index contributed by atoms with van der Waals surface area (Å²) in [5.41, 5.74) is 2.36. The highest BCUT2D eigenvalue weighted by Gasteiger charge is 2.51. The third kappa shape index (κ3) is 1.41. The van der Waals surface area contributed by atoms with Gasteiger partial charge in [0.1, 0.15) is 0 Å². The Morgan fingerprint density at radius 1 is 1.00 bits per heavy atom. The molecular weight excluding hydrogens is 208 g/mol. The normalized spacial score (nSPS) is 37.4. The third-order valence-electron chi connectivity index (χ3n) is 5.54. The predicted octanol–water partition coefficient (Wildman–Crippen LogP) is 2.95. The average Bonchev–Trinajstić information content (AvgIpc) is 3.00. The third-order valence-corrected chi connectivity index (χ3v) is 5.54.